The third-order valence-corrected chi connectivity index (χ3v) is 2.63. The van der Waals surface area contributed by atoms with Gasteiger partial charge in [0.15, 0.2) is 0 Å². The zero-order chi connectivity index (χ0) is 15.3. The normalized spacial score (nSPS) is 10.4. The summed E-state index contributed by atoms with van der Waals surface area (Å²) in [5.74, 6) is -2.39. The molecule has 1 rings (SSSR count). The monoisotopic (exact) mass is 286 g/mol. The van der Waals surface area contributed by atoms with Crippen LogP contribution in [0.2, 0.25) is 0 Å². The summed E-state index contributed by atoms with van der Waals surface area (Å²) >= 11 is 0. The van der Waals surface area contributed by atoms with Crippen LogP contribution in [-0.4, -0.2) is 34.6 Å². The minimum Gasteiger partial charge on any atom is -0.480 e. The summed E-state index contributed by atoms with van der Waals surface area (Å²) < 4.78 is 26.3. The molecule has 0 atom stereocenters. The van der Waals surface area contributed by atoms with Gasteiger partial charge in [-0.15, -0.1) is 0 Å². The van der Waals surface area contributed by atoms with Gasteiger partial charge in [0.05, 0.1) is 0 Å². The minimum absolute atomic E-state index is 0.00242. The van der Waals surface area contributed by atoms with Crippen LogP contribution in [0.4, 0.5) is 13.6 Å². The van der Waals surface area contributed by atoms with Crippen molar-refractivity contribution >= 4 is 12.0 Å². The third kappa shape index (κ3) is 4.49. The van der Waals surface area contributed by atoms with Crippen molar-refractivity contribution in [2.24, 2.45) is 0 Å². The van der Waals surface area contributed by atoms with Crippen LogP contribution < -0.4 is 5.32 Å². The van der Waals surface area contributed by atoms with Crippen LogP contribution >= 0.6 is 0 Å². The Morgan fingerprint density at radius 2 is 2.00 bits per heavy atom. The number of nitrogens with zero attached hydrogens (tertiary/aromatic N) is 1. The molecule has 7 heteroatoms. The summed E-state index contributed by atoms with van der Waals surface area (Å²) in [6, 6.07) is 1.95. The maximum atomic E-state index is 13.4. The van der Waals surface area contributed by atoms with Crippen LogP contribution in [0, 0.1) is 11.6 Å². The second-order valence-electron chi connectivity index (χ2n) is 4.51. The molecule has 0 unspecified atom stereocenters. The molecule has 0 aromatic heterocycles. The SMILES string of the molecule is CC(C)N(CC(=O)O)C(=O)NCc1cc(F)ccc1F. The first-order valence-corrected chi connectivity index (χ1v) is 6.01. The molecular formula is C13H16F2N2O3. The number of carbonyl (C=O) groups is 2. The van der Waals surface area contributed by atoms with Crippen molar-refractivity contribution in [3.05, 3.63) is 35.4 Å². The molecule has 20 heavy (non-hydrogen) atoms. The molecule has 5 nitrogen and oxygen atoms in total. The van der Waals surface area contributed by atoms with Crippen molar-refractivity contribution in [2.75, 3.05) is 6.54 Å². The van der Waals surface area contributed by atoms with Crippen molar-refractivity contribution in [1.82, 2.24) is 10.2 Å². The topological polar surface area (TPSA) is 69.6 Å². The van der Waals surface area contributed by atoms with Gasteiger partial charge in [0, 0.05) is 18.2 Å². The Hall–Kier alpha value is -2.18. The molecule has 0 aliphatic rings. The molecule has 0 fully saturated rings. The summed E-state index contributed by atoms with van der Waals surface area (Å²) in [5.41, 5.74) is -0.00242. The lowest BCUT2D eigenvalue weighted by Crippen LogP contribution is -2.46. The van der Waals surface area contributed by atoms with E-state index in [9.17, 15) is 18.4 Å². The lowest BCUT2D eigenvalue weighted by atomic mass is 10.2. The Balaban J connectivity index is 2.69. The molecule has 0 saturated carbocycles. The summed E-state index contributed by atoms with van der Waals surface area (Å²) in [7, 11) is 0. The van der Waals surface area contributed by atoms with Crippen molar-refractivity contribution < 1.29 is 23.5 Å². The molecule has 0 bridgehead atoms. The number of urea groups is 1. The Morgan fingerprint density at radius 3 is 2.55 bits per heavy atom. The quantitative estimate of drug-likeness (QED) is 0.869. The molecule has 0 aliphatic heterocycles. The average molecular weight is 286 g/mol. The number of hydrogen-bond acceptors (Lipinski definition) is 2. The first-order chi connectivity index (χ1) is 9.31. The van der Waals surface area contributed by atoms with Crippen molar-refractivity contribution in [1.29, 1.82) is 0 Å². The van der Waals surface area contributed by atoms with Gasteiger partial charge in [-0.25, -0.2) is 13.6 Å². The number of nitrogens with one attached hydrogen (secondary N) is 1. The predicted molar refractivity (Wildman–Crippen MR) is 68.1 cm³/mol. The Morgan fingerprint density at radius 1 is 1.35 bits per heavy atom. The minimum atomic E-state index is -1.15. The fraction of sp³-hybridized carbons (Fsp3) is 0.385. The highest BCUT2D eigenvalue weighted by Gasteiger charge is 2.19. The molecular weight excluding hydrogens is 270 g/mol. The van der Waals surface area contributed by atoms with Gasteiger partial charge >= 0.3 is 12.0 Å². The molecule has 110 valence electrons. The maximum Gasteiger partial charge on any atom is 0.323 e. The van der Waals surface area contributed by atoms with Crippen molar-refractivity contribution in [2.45, 2.75) is 26.4 Å². The second kappa shape index (κ2) is 6.83. The summed E-state index contributed by atoms with van der Waals surface area (Å²) in [5, 5.41) is 11.1. The third-order valence-electron chi connectivity index (χ3n) is 2.63. The number of amides is 2. The van der Waals surface area contributed by atoms with Crippen molar-refractivity contribution in [3.8, 4) is 0 Å². The number of carboxylic acid groups (broad SMARTS) is 1. The highest BCUT2D eigenvalue weighted by atomic mass is 19.1. The highest BCUT2D eigenvalue weighted by Crippen LogP contribution is 2.09. The molecule has 0 radical (unpaired) electrons. The summed E-state index contributed by atoms with van der Waals surface area (Å²) in [4.78, 5) is 23.6. The van der Waals surface area contributed by atoms with Crippen LogP contribution in [0.25, 0.3) is 0 Å². The van der Waals surface area contributed by atoms with Crippen LogP contribution in [0.15, 0.2) is 18.2 Å². The summed E-state index contributed by atoms with van der Waals surface area (Å²) in [6.07, 6.45) is 0. The van der Waals surface area contributed by atoms with Crippen LogP contribution in [-0.2, 0) is 11.3 Å². The molecule has 2 N–H and O–H groups in total. The Bertz CT molecular complexity index is 506. The van der Waals surface area contributed by atoms with E-state index in [1.165, 1.54) is 0 Å². The number of halogens is 2. The molecule has 0 heterocycles. The number of hydrogen-bond donors (Lipinski definition) is 2. The fourth-order valence-corrected chi connectivity index (χ4v) is 1.59. The van der Waals surface area contributed by atoms with Gasteiger partial charge in [0.25, 0.3) is 0 Å². The van der Waals surface area contributed by atoms with E-state index in [-0.39, 0.29) is 18.2 Å². The van der Waals surface area contributed by atoms with Gasteiger partial charge in [0.2, 0.25) is 0 Å². The molecule has 0 spiro atoms. The highest BCUT2D eigenvalue weighted by molar-refractivity contribution is 5.80. The maximum absolute atomic E-state index is 13.4. The number of aliphatic carboxylic acids is 1. The first-order valence-electron chi connectivity index (χ1n) is 6.01. The smallest absolute Gasteiger partial charge is 0.323 e. The number of benzene rings is 1. The number of carbonyl (C=O) groups excluding carboxylic acids is 1. The molecule has 0 saturated heterocycles. The van der Waals surface area contributed by atoms with Gasteiger partial charge in [-0.3, -0.25) is 4.79 Å². The van der Waals surface area contributed by atoms with Gasteiger partial charge in [-0.1, -0.05) is 0 Å². The number of carboxylic acids is 1. The largest absolute Gasteiger partial charge is 0.480 e. The predicted octanol–water partition coefficient (Wildman–Crippen LogP) is 1.97. The lowest BCUT2D eigenvalue weighted by molar-refractivity contribution is -0.138. The Kier molecular flexibility index (Phi) is 5.42. The lowest BCUT2D eigenvalue weighted by Gasteiger charge is -2.25. The van der Waals surface area contributed by atoms with Crippen molar-refractivity contribution in [3.63, 3.8) is 0 Å². The molecule has 0 aliphatic carbocycles. The van der Waals surface area contributed by atoms with E-state index in [4.69, 9.17) is 5.11 Å². The van der Waals surface area contributed by atoms with E-state index in [0.717, 1.165) is 23.1 Å². The van der Waals surface area contributed by atoms with Gasteiger partial charge in [-0.05, 0) is 32.0 Å². The van der Waals surface area contributed by atoms with E-state index in [0.29, 0.717) is 0 Å². The van der Waals surface area contributed by atoms with E-state index in [2.05, 4.69) is 5.32 Å². The van der Waals surface area contributed by atoms with Gasteiger partial charge in [-0.2, -0.15) is 0 Å². The second-order valence-corrected chi connectivity index (χ2v) is 4.51. The fourth-order valence-electron chi connectivity index (χ4n) is 1.59. The van der Waals surface area contributed by atoms with Gasteiger partial charge < -0.3 is 15.3 Å². The van der Waals surface area contributed by atoms with Crippen LogP contribution in [0.1, 0.15) is 19.4 Å². The van der Waals surface area contributed by atoms with Crippen LogP contribution in [0.5, 0.6) is 0 Å². The standard InChI is InChI=1S/C13H16F2N2O3/c1-8(2)17(7-12(18)19)13(20)16-6-9-5-10(14)3-4-11(9)15/h3-5,8H,6-7H2,1-2H3,(H,16,20)(H,18,19). The number of rotatable bonds is 5. The first kappa shape index (κ1) is 15.9. The zero-order valence-corrected chi connectivity index (χ0v) is 11.2. The zero-order valence-electron chi connectivity index (χ0n) is 11.2. The van der Waals surface area contributed by atoms with E-state index < -0.39 is 30.2 Å². The van der Waals surface area contributed by atoms with E-state index in [1.54, 1.807) is 13.8 Å². The molecule has 2 amide bonds. The van der Waals surface area contributed by atoms with Gasteiger partial charge in [0.1, 0.15) is 18.2 Å². The summed E-state index contributed by atoms with van der Waals surface area (Å²) in [6.45, 7) is 2.64. The average Bonchev–Trinajstić information content (AvgIpc) is 2.36. The molecule has 1 aromatic carbocycles. The Labute approximate surface area is 115 Å². The molecule has 1 aromatic rings. The van der Waals surface area contributed by atoms with E-state index in [1.807, 2.05) is 0 Å². The van der Waals surface area contributed by atoms with E-state index >= 15 is 0 Å². The van der Waals surface area contributed by atoms with Crippen LogP contribution in [0.3, 0.4) is 0 Å².